The fourth-order valence-electron chi connectivity index (χ4n) is 3.78. The molecule has 0 amide bonds. The molecule has 0 spiro atoms. The molecule has 3 aromatic rings. The zero-order valence-corrected chi connectivity index (χ0v) is 14.8. The second-order valence-corrected chi connectivity index (χ2v) is 6.85. The Morgan fingerprint density at radius 3 is 2.54 bits per heavy atom. The quantitative estimate of drug-likeness (QED) is 0.742. The number of rotatable bonds is 6. The maximum Gasteiger partial charge on any atom is 0.146 e. The van der Waals surface area contributed by atoms with Gasteiger partial charge in [0.2, 0.25) is 0 Å². The van der Waals surface area contributed by atoms with Gasteiger partial charge in [0.25, 0.3) is 0 Å². The average Bonchev–Trinajstić information content (AvgIpc) is 3.33. The third-order valence-electron chi connectivity index (χ3n) is 5.14. The number of aromatic nitrogens is 3. The smallest absolute Gasteiger partial charge is 0.146 e. The van der Waals surface area contributed by atoms with Gasteiger partial charge in [0, 0.05) is 6.04 Å². The third-order valence-corrected chi connectivity index (χ3v) is 5.14. The maximum absolute atomic E-state index is 10.6. The number of para-hydroxylation sites is 1. The summed E-state index contributed by atoms with van der Waals surface area (Å²) in [4.78, 5) is 6.90. The monoisotopic (exact) mass is 348 g/mol. The van der Waals surface area contributed by atoms with Crippen LogP contribution in [-0.2, 0) is 6.54 Å². The van der Waals surface area contributed by atoms with Crippen molar-refractivity contribution in [2.24, 2.45) is 0 Å². The number of benzene rings is 2. The van der Waals surface area contributed by atoms with Crippen molar-refractivity contribution in [3.63, 3.8) is 0 Å². The molecule has 0 bridgehead atoms. The van der Waals surface area contributed by atoms with Gasteiger partial charge in [0.1, 0.15) is 12.2 Å². The molecule has 0 radical (unpaired) electrons. The molecule has 5 heteroatoms. The van der Waals surface area contributed by atoms with Gasteiger partial charge in [0.15, 0.2) is 0 Å². The van der Waals surface area contributed by atoms with Gasteiger partial charge in [-0.15, -0.1) is 0 Å². The summed E-state index contributed by atoms with van der Waals surface area (Å²) in [5.41, 5.74) is 2.02. The summed E-state index contributed by atoms with van der Waals surface area (Å²) in [6, 6.07) is 20.4. The van der Waals surface area contributed by atoms with Crippen molar-refractivity contribution in [3.05, 3.63) is 78.4 Å². The lowest BCUT2D eigenvalue weighted by Gasteiger charge is -2.26. The van der Waals surface area contributed by atoms with Crippen LogP contribution in [0.4, 0.5) is 0 Å². The second kappa shape index (κ2) is 7.81. The van der Waals surface area contributed by atoms with Gasteiger partial charge in [-0.25, -0.2) is 9.67 Å². The molecule has 1 aliphatic heterocycles. The number of hydrogen-bond acceptors (Lipinski definition) is 4. The summed E-state index contributed by atoms with van der Waals surface area (Å²) in [7, 11) is 0. The van der Waals surface area contributed by atoms with Crippen LogP contribution in [0.15, 0.2) is 67.0 Å². The van der Waals surface area contributed by atoms with Gasteiger partial charge >= 0.3 is 0 Å². The molecule has 1 N–H and O–H groups in total. The van der Waals surface area contributed by atoms with E-state index in [1.165, 1.54) is 0 Å². The molecule has 0 unspecified atom stereocenters. The van der Waals surface area contributed by atoms with Crippen molar-refractivity contribution in [1.82, 2.24) is 19.7 Å². The molecular formula is C21H24N4O. The first-order chi connectivity index (χ1) is 12.8. The van der Waals surface area contributed by atoms with Gasteiger partial charge in [-0.1, -0.05) is 48.5 Å². The first-order valence-electron chi connectivity index (χ1n) is 9.22. The Morgan fingerprint density at radius 1 is 1.04 bits per heavy atom. The molecule has 1 aromatic heterocycles. The molecule has 134 valence electrons. The highest BCUT2D eigenvalue weighted by atomic mass is 16.3. The predicted octanol–water partition coefficient (Wildman–Crippen LogP) is 3.36. The molecule has 1 saturated heterocycles. The Balaban J connectivity index is 1.46. The van der Waals surface area contributed by atoms with Crippen LogP contribution in [0.2, 0.25) is 0 Å². The highest BCUT2D eigenvalue weighted by molar-refractivity contribution is 5.30. The van der Waals surface area contributed by atoms with Crippen molar-refractivity contribution in [1.29, 1.82) is 0 Å². The molecular weight excluding hydrogens is 324 g/mol. The van der Waals surface area contributed by atoms with Crippen LogP contribution in [0.3, 0.4) is 0 Å². The van der Waals surface area contributed by atoms with Gasteiger partial charge in [0.05, 0.1) is 18.3 Å². The Bertz CT molecular complexity index is 818. The molecule has 4 rings (SSSR count). The lowest BCUT2D eigenvalue weighted by molar-refractivity contribution is 0.116. The van der Waals surface area contributed by atoms with Crippen LogP contribution >= 0.6 is 0 Å². The van der Waals surface area contributed by atoms with Crippen molar-refractivity contribution in [2.75, 3.05) is 6.54 Å². The van der Waals surface area contributed by atoms with Crippen molar-refractivity contribution >= 4 is 0 Å². The van der Waals surface area contributed by atoms with E-state index in [1.807, 2.05) is 65.3 Å². The SMILES string of the molecule is O[C@@H](C[C@@H]1CCCN1Cc1ncnn1-c1ccccc1)c1ccccc1. The van der Waals surface area contributed by atoms with E-state index in [0.29, 0.717) is 6.04 Å². The molecule has 0 saturated carbocycles. The highest BCUT2D eigenvalue weighted by Gasteiger charge is 2.28. The van der Waals surface area contributed by atoms with Gasteiger partial charge < -0.3 is 5.11 Å². The second-order valence-electron chi connectivity index (χ2n) is 6.85. The largest absolute Gasteiger partial charge is 0.388 e. The average molecular weight is 348 g/mol. The summed E-state index contributed by atoms with van der Waals surface area (Å²) in [6.07, 6.45) is 4.22. The van der Waals surface area contributed by atoms with E-state index in [-0.39, 0.29) is 0 Å². The first kappa shape index (κ1) is 16.9. The van der Waals surface area contributed by atoms with E-state index >= 15 is 0 Å². The normalized spacial score (nSPS) is 18.9. The summed E-state index contributed by atoms with van der Waals surface area (Å²) in [5, 5.41) is 15.0. The minimum atomic E-state index is -0.422. The van der Waals surface area contributed by atoms with E-state index in [9.17, 15) is 5.11 Å². The van der Waals surface area contributed by atoms with Crippen LogP contribution in [0.1, 0.15) is 36.8 Å². The third kappa shape index (κ3) is 3.69. The minimum Gasteiger partial charge on any atom is -0.388 e. The van der Waals surface area contributed by atoms with Crippen LogP contribution in [0.5, 0.6) is 0 Å². The fourth-order valence-corrected chi connectivity index (χ4v) is 3.78. The molecule has 2 aromatic carbocycles. The summed E-state index contributed by atoms with van der Waals surface area (Å²) >= 11 is 0. The Labute approximate surface area is 153 Å². The minimum absolute atomic E-state index is 0.367. The maximum atomic E-state index is 10.6. The van der Waals surface area contributed by atoms with Gasteiger partial charge in [-0.05, 0) is 43.5 Å². The Kier molecular flexibility index (Phi) is 5.09. The summed E-state index contributed by atoms with van der Waals surface area (Å²) in [6.45, 7) is 1.79. The molecule has 2 heterocycles. The predicted molar refractivity (Wildman–Crippen MR) is 101 cm³/mol. The zero-order chi connectivity index (χ0) is 17.8. The molecule has 2 atom stereocenters. The van der Waals surface area contributed by atoms with Gasteiger partial charge in [-0.3, -0.25) is 4.90 Å². The molecule has 1 aliphatic rings. The zero-order valence-electron chi connectivity index (χ0n) is 14.8. The molecule has 26 heavy (non-hydrogen) atoms. The number of aliphatic hydroxyl groups is 1. The summed E-state index contributed by atoms with van der Waals surface area (Å²) in [5.74, 6) is 0.942. The number of hydrogen-bond donors (Lipinski definition) is 1. The number of likely N-dealkylation sites (tertiary alicyclic amines) is 1. The van der Waals surface area contributed by atoms with E-state index in [1.54, 1.807) is 6.33 Å². The van der Waals surface area contributed by atoms with Crippen molar-refractivity contribution in [2.45, 2.75) is 38.0 Å². The van der Waals surface area contributed by atoms with Crippen LogP contribution in [-0.4, -0.2) is 37.4 Å². The van der Waals surface area contributed by atoms with Crippen molar-refractivity contribution in [3.8, 4) is 5.69 Å². The summed E-state index contributed by atoms with van der Waals surface area (Å²) < 4.78 is 1.91. The highest BCUT2D eigenvalue weighted by Crippen LogP contribution is 2.28. The van der Waals surface area contributed by atoms with Gasteiger partial charge in [-0.2, -0.15) is 5.10 Å². The molecule has 5 nitrogen and oxygen atoms in total. The van der Waals surface area contributed by atoms with Crippen molar-refractivity contribution < 1.29 is 5.11 Å². The standard InChI is InChI=1S/C21H24N4O/c26-20(17-8-3-1-4-9-17)14-19-12-7-13-24(19)15-21-22-16-23-25(21)18-10-5-2-6-11-18/h1-6,8-11,16,19-20,26H,7,12-15H2/t19-,20-/m0/s1. The lowest BCUT2D eigenvalue weighted by atomic mass is 10.0. The van der Waals surface area contributed by atoms with E-state index in [4.69, 9.17) is 0 Å². The Hall–Kier alpha value is -2.50. The first-order valence-corrected chi connectivity index (χ1v) is 9.22. The van der Waals surface area contributed by atoms with Crippen LogP contribution in [0, 0.1) is 0 Å². The molecule has 0 aliphatic carbocycles. The van der Waals surface area contributed by atoms with E-state index in [0.717, 1.165) is 49.4 Å². The van der Waals surface area contributed by atoms with E-state index < -0.39 is 6.10 Å². The number of aliphatic hydroxyl groups excluding tert-OH is 1. The lowest BCUT2D eigenvalue weighted by Crippen LogP contribution is -2.31. The van der Waals surface area contributed by atoms with Crippen LogP contribution in [0.25, 0.3) is 5.69 Å². The van der Waals surface area contributed by atoms with Crippen LogP contribution < -0.4 is 0 Å². The van der Waals surface area contributed by atoms with E-state index in [2.05, 4.69) is 15.0 Å². The Morgan fingerprint density at radius 2 is 1.77 bits per heavy atom. The topological polar surface area (TPSA) is 54.2 Å². The number of nitrogens with zero attached hydrogens (tertiary/aromatic N) is 4. The fraction of sp³-hybridized carbons (Fsp3) is 0.333. The molecule has 1 fully saturated rings.